The highest BCUT2D eigenvalue weighted by Gasteiger charge is 2.16. The van der Waals surface area contributed by atoms with Gasteiger partial charge in [-0.15, -0.1) is 5.10 Å². The summed E-state index contributed by atoms with van der Waals surface area (Å²) in [5.74, 6) is -0.226. The van der Waals surface area contributed by atoms with Gasteiger partial charge in [0.1, 0.15) is 5.52 Å². The maximum atomic E-state index is 12.9. The number of nitrogens with one attached hydrogen (secondary N) is 1. The smallest absolute Gasteiger partial charge is 0.257 e. The molecular weight excluding hydrogens is 328 g/mol. The van der Waals surface area contributed by atoms with Crippen LogP contribution in [0, 0.1) is 6.92 Å². The second-order valence-corrected chi connectivity index (χ2v) is 6.16. The van der Waals surface area contributed by atoms with E-state index in [2.05, 4.69) is 32.5 Å². The van der Waals surface area contributed by atoms with Crippen LogP contribution in [-0.4, -0.2) is 30.9 Å². The van der Waals surface area contributed by atoms with Crippen LogP contribution in [0.1, 0.15) is 28.5 Å². The summed E-state index contributed by atoms with van der Waals surface area (Å²) in [7, 11) is 1.77. The second-order valence-electron chi connectivity index (χ2n) is 6.16. The summed E-state index contributed by atoms with van der Waals surface area (Å²) >= 11 is 0. The summed E-state index contributed by atoms with van der Waals surface area (Å²) in [4.78, 5) is 21.8. The molecule has 0 aliphatic carbocycles. The van der Waals surface area contributed by atoms with E-state index in [-0.39, 0.29) is 5.91 Å². The lowest BCUT2D eigenvalue weighted by molar-refractivity contribution is 0.102. The lowest BCUT2D eigenvalue weighted by atomic mass is 10.0. The first kappa shape index (κ1) is 16.1. The third-order valence-corrected chi connectivity index (χ3v) is 4.49. The summed E-state index contributed by atoms with van der Waals surface area (Å²) in [5, 5.41) is 11.9. The molecule has 3 heterocycles. The monoisotopic (exact) mass is 346 g/mol. The van der Waals surface area contributed by atoms with E-state index in [1.165, 1.54) is 0 Å². The van der Waals surface area contributed by atoms with Crippen LogP contribution in [-0.2, 0) is 13.5 Å². The van der Waals surface area contributed by atoms with Gasteiger partial charge in [0.15, 0.2) is 5.65 Å². The highest BCUT2D eigenvalue weighted by molar-refractivity contribution is 6.10. The zero-order chi connectivity index (χ0) is 18.3. The number of hydrogen-bond donors (Lipinski definition) is 1. The van der Waals surface area contributed by atoms with E-state index < -0.39 is 0 Å². The molecule has 0 fully saturated rings. The zero-order valence-electron chi connectivity index (χ0n) is 14.8. The molecule has 7 heteroatoms. The van der Waals surface area contributed by atoms with E-state index in [9.17, 15) is 4.79 Å². The first-order valence-electron chi connectivity index (χ1n) is 8.43. The van der Waals surface area contributed by atoms with Crippen LogP contribution < -0.4 is 5.32 Å². The molecule has 1 N–H and O–H groups in total. The molecule has 0 saturated carbocycles. The lowest BCUT2D eigenvalue weighted by Crippen LogP contribution is -2.15. The number of benzene rings is 1. The van der Waals surface area contributed by atoms with Gasteiger partial charge in [-0.1, -0.05) is 30.3 Å². The number of fused-ring (bicyclic) bond motifs is 2. The van der Waals surface area contributed by atoms with Crippen LogP contribution in [0.25, 0.3) is 22.1 Å². The number of aryl methyl sites for hydroxylation is 2. The normalized spacial score (nSPS) is 11.2. The van der Waals surface area contributed by atoms with Gasteiger partial charge >= 0.3 is 0 Å². The molecule has 0 aliphatic rings. The number of amides is 1. The van der Waals surface area contributed by atoms with Crippen molar-refractivity contribution in [2.45, 2.75) is 20.3 Å². The van der Waals surface area contributed by atoms with Crippen LogP contribution >= 0.6 is 0 Å². The number of hydrogen-bond acceptors (Lipinski definition) is 5. The fourth-order valence-corrected chi connectivity index (χ4v) is 3.19. The molecule has 0 bridgehead atoms. The van der Waals surface area contributed by atoms with Gasteiger partial charge < -0.3 is 5.32 Å². The predicted molar refractivity (Wildman–Crippen MR) is 100 cm³/mol. The molecule has 0 atom stereocenters. The third kappa shape index (κ3) is 2.57. The Kier molecular flexibility index (Phi) is 3.84. The fourth-order valence-electron chi connectivity index (χ4n) is 3.19. The lowest BCUT2D eigenvalue weighted by Gasteiger charge is -2.15. The quantitative estimate of drug-likeness (QED) is 0.616. The minimum absolute atomic E-state index is 0.226. The third-order valence-electron chi connectivity index (χ3n) is 4.49. The van der Waals surface area contributed by atoms with Crippen molar-refractivity contribution in [2.24, 2.45) is 7.05 Å². The highest BCUT2D eigenvalue weighted by Crippen LogP contribution is 2.29. The van der Waals surface area contributed by atoms with Crippen molar-refractivity contribution in [3.8, 4) is 0 Å². The molecule has 0 spiro atoms. The van der Waals surface area contributed by atoms with Gasteiger partial charge in [0, 0.05) is 24.3 Å². The topological polar surface area (TPSA) is 85.6 Å². The van der Waals surface area contributed by atoms with Crippen molar-refractivity contribution in [1.82, 2.24) is 25.0 Å². The van der Waals surface area contributed by atoms with Gasteiger partial charge in [0.05, 0.1) is 16.8 Å². The average molecular weight is 346 g/mol. The van der Waals surface area contributed by atoms with Crippen molar-refractivity contribution in [3.63, 3.8) is 0 Å². The average Bonchev–Trinajstić information content (AvgIpc) is 3.02. The molecule has 0 radical (unpaired) electrons. The molecule has 4 aromatic rings. The Hall–Kier alpha value is -3.35. The largest absolute Gasteiger partial charge is 0.321 e. The van der Waals surface area contributed by atoms with E-state index in [0.29, 0.717) is 16.7 Å². The number of anilines is 1. The number of rotatable bonds is 3. The van der Waals surface area contributed by atoms with E-state index in [1.807, 2.05) is 31.2 Å². The molecule has 7 nitrogen and oxygen atoms in total. The summed E-state index contributed by atoms with van der Waals surface area (Å²) in [6.07, 6.45) is 2.32. The van der Waals surface area contributed by atoms with Crippen LogP contribution in [0.4, 0.5) is 5.69 Å². The Morgan fingerprint density at radius 2 is 2.04 bits per heavy atom. The molecule has 0 unspecified atom stereocenters. The van der Waals surface area contributed by atoms with Crippen LogP contribution in [0.5, 0.6) is 0 Å². The van der Waals surface area contributed by atoms with Crippen molar-refractivity contribution in [1.29, 1.82) is 0 Å². The summed E-state index contributed by atoms with van der Waals surface area (Å²) in [5.41, 5.74) is 5.29. The Bertz CT molecular complexity index is 1150. The summed E-state index contributed by atoms with van der Waals surface area (Å²) < 4.78 is 1.58. The Morgan fingerprint density at radius 1 is 1.23 bits per heavy atom. The fraction of sp³-hybridized carbons (Fsp3) is 0.211. The van der Waals surface area contributed by atoms with E-state index >= 15 is 0 Å². The maximum absolute atomic E-state index is 12.9. The molecule has 4 rings (SSSR count). The van der Waals surface area contributed by atoms with Crippen molar-refractivity contribution in [3.05, 3.63) is 53.3 Å². The minimum Gasteiger partial charge on any atom is -0.321 e. The van der Waals surface area contributed by atoms with Crippen molar-refractivity contribution in [2.75, 3.05) is 5.32 Å². The van der Waals surface area contributed by atoms with Crippen molar-refractivity contribution >= 4 is 33.7 Å². The molecule has 0 saturated heterocycles. The molecule has 130 valence electrons. The van der Waals surface area contributed by atoms with Gasteiger partial charge in [-0.2, -0.15) is 0 Å². The standard InChI is InChI=1S/C19H18N6O/c1-4-13-11(2)21-15-8-6-5-7-14(15)17(13)22-19(26)12-9-16-18(20-10-12)25(3)24-23-16/h5-10H,4H2,1-3H3,(H,21,22,26). The Labute approximate surface area is 150 Å². The van der Waals surface area contributed by atoms with Gasteiger partial charge in [-0.3, -0.25) is 9.78 Å². The summed E-state index contributed by atoms with van der Waals surface area (Å²) in [6.45, 7) is 4.02. The molecule has 3 aromatic heterocycles. The van der Waals surface area contributed by atoms with Crippen molar-refractivity contribution < 1.29 is 4.79 Å². The zero-order valence-corrected chi connectivity index (χ0v) is 14.8. The second kappa shape index (κ2) is 6.18. The van der Waals surface area contributed by atoms with E-state index in [1.54, 1.807) is 24.0 Å². The number of carbonyl (C=O) groups is 1. The van der Waals surface area contributed by atoms with Crippen LogP contribution in [0.15, 0.2) is 36.5 Å². The Morgan fingerprint density at radius 3 is 2.85 bits per heavy atom. The summed E-state index contributed by atoms with van der Waals surface area (Å²) in [6, 6.07) is 9.51. The molecule has 1 amide bonds. The number of carbonyl (C=O) groups excluding carboxylic acids is 1. The number of para-hydroxylation sites is 1. The molecule has 26 heavy (non-hydrogen) atoms. The van der Waals surface area contributed by atoms with E-state index in [4.69, 9.17) is 0 Å². The van der Waals surface area contributed by atoms with Gasteiger partial charge in [0.2, 0.25) is 0 Å². The molecule has 0 aliphatic heterocycles. The van der Waals surface area contributed by atoms with E-state index in [0.717, 1.165) is 34.3 Å². The maximum Gasteiger partial charge on any atom is 0.257 e. The Balaban J connectivity index is 1.79. The first-order chi connectivity index (χ1) is 12.6. The van der Waals surface area contributed by atoms with Gasteiger partial charge in [0.25, 0.3) is 5.91 Å². The van der Waals surface area contributed by atoms with Crippen LogP contribution in [0.2, 0.25) is 0 Å². The first-order valence-corrected chi connectivity index (χ1v) is 8.43. The highest BCUT2D eigenvalue weighted by atomic mass is 16.1. The number of pyridine rings is 2. The minimum atomic E-state index is -0.226. The number of aromatic nitrogens is 5. The SMILES string of the molecule is CCc1c(C)nc2ccccc2c1NC(=O)c1cnc2c(c1)nnn2C. The molecule has 1 aromatic carbocycles. The van der Waals surface area contributed by atoms with Gasteiger partial charge in [-0.05, 0) is 31.0 Å². The predicted octanol–water partition coefficient (Wildman–Crippen LogP) is 3.03. The molecular formula is C19H18N6O. The number of nitrogens with zero attached hydrogens (tertiary/aromatic N) is 5. The van der Waals surface area contributed by atoms with Gasteiger partial charge in [-0.25, -0.2) is 9.67 Å². The van der Waals surface area contributed by atoms with Crippen LogP contribution in [0.3, 0.4) is 0 Å².